The molecule has 1 spiro atoms. The third-order valence-corrected chi connectivity index (χ3v) is 4.78. The Morgan fingerprint density at radius 1 is 1.19 bits per heavy atom. The second-order valence-corrected chi connectivity index (χ2v) is 6.71. The first-order valence-corrected chi connectivity index (χ1v) is 8.65. The van der Waals surface area contributed by atoms with Gasteiger partial charge in [0.2, 0.25) is 23.6 Å². The molecule has 1 amide bonds. The van der Waals surface area contributed by atoms with Crippen LogP contribution in [0.25, 0.3) is 0 Å². The average molecular weight is 366 g/mol. The third-order valence-electron chi connectivity index (χ3n) is 4.78. The van der Waals surface area contributed by atoms with E-state index in [9.17, 15) is 4.79 Å². The van der Waals surface area contributed by atoms with Crippen LogP contribution in [0.5, 0.6) is 11.8 Å². The Balaban J connectivity index is 1.81. The fourth-order valence-electron chi connectivity index (χ4n) is 3.50. The van der Waals surface area contributed by atoms with Gasteiger partial charge < -0.3 is 28.7 Å². The molecule has 2 fully saturated rings. The number of ether oxygens (including phenoxy) is 4. The summed E-state index contributed by atoms with van der Waals surface area (Å²) < 4.78 is 21.4. The Hall–Kier alpha value is -2.13. The van der Waals surface area contributed by atoms with Crippen LogP contribution in [0.4, 0.5) is 5.95 Å². The number of carbonyl (C=O) groups is 1. The molecule has 26 heavy (non-hydrogen) atoms. The van der Waals surface area contributed by atoms with E-state index >= 15 is 0 Å². The van der Waals surface area contributed by atoms with Gasteiger partial charge in [0.05, 0.1) is 40.1 Å². The highest BCUT2D eigenvalue weighted by Crippen LogP contribution is 2.35. The summed E-state index contributed by atoms with van der Waals surface area (Å²) in [6.07, 6.45) is 0.453. The van der Waals surface area contributed by atoms with Gasteiger partial charge in [-0.25, -0.2) is 0 Å². The van der Waals surface area contributed by atoms with E-state index in [2.05, 4.69) is 9.97 Å². The number of methoxy groups -OCH3 is 3. The van der Waals surface area contributed by atoms with Crippen molar-refractivity contribution in [1.82, 2.24) is 14.9 Å². The second kappa shape index (κ2) is 8.05. The lowest BCUT2D eigenvalue weighted by molar-refractivity contribution is -0.128. The van der Waals surface area contributed by atoms with E-state index in [1.807, 2.05) is 9.80 Å². The Morgan fingerprint density at radius 2 is 1.92 bits per heavy atom. The number of nitrogens with zero attached hydrogens (tertiary/aromatic N) is 4. The molecular formula is C17H26N4O5. The van der Waals surface area contributed by atoms with Crippen LogP contribution in [0.2, 0.25) is 0 Å². The molecule has 0 saturated carbocycles. The molecule has 2 saturated heterocycles. The van der Waals surface area contributed by atoms with Gasteiger partial charge >= 0.3 is 0 Å². The normalized spacial score (nSPS) is 23.4. The van der Waals surface area contributed by atoms with Crippen LogP contribution in [-0.4, -0.2) is 88.1 Å². The summed E-state index contributed by atoms with van der Waals surface area (Å²) >= 11 is 0. The minimum absolute atomic E-state index is 0.136. The van der Waals surface area contributed by atoms with Crippen molar-refractivity contribution in [3.05, 3.63) is 6.07 Å². The lowest BCUT2D eigenvalue weighted by Crippen LogP contribution is -2.41. The Morgan fingerprint density at radius 3 is 2.58 bits per heavy atom. The minimum atomic E-state index is -0.277. The van der Waals surface area contributed by atoms with Crippen molar-refractivity contribution in [3.63, 3.8) is 0 Å². The topological polar surface area (TPSA) is 86.2 Å². The maximum absolute atomic E-state index is 12.4. The summed E-state index contributed by atoms with van der Waals surface area (Å²) in [5, 5.41) is 0. The van der Waals surface area contributed by atoms with E-state index in [4.69, 9.17) is 18.9 Å². The second-order valence-electron chi connectivity index (χ2n) is 6.71. The zero-order valence-corrected chi connectivity index (χ0v) is 15.6. The minimum Gasteiger partial charge on any atom is -0.481 e. The van der Waals surface area contributed by atoms with Crippen LogP contribution >= 0.6 is 0 Å². The summed E-state index contributed by atoms with van der Waals surface area (Å²) in [7, 11) is 4.75. The highest BCUT2D eigenvalue weighted by Gasteiger charge is 2.45. The van der Waals surface area contributed by atoms with Crippen LogP contribution < -0.4 is 14.4 Å². The van der Waals surface area contributed by atoms with Gasteiger partial charge in [0.15, 0.2) is 0 Å². The van der Waals surface area contributed by atoms with Crippen molar-refractivity contribution in [2.75, 3.05) is 72.2 Å². The highest BCUT2D eigenvalue weighted by atomic mass is 16.5. The summed E-state index contributed by atoms with van der Waals surface area (Å²) in [6.45, 7) is 4.15. The van der Waals surface area contributed by atoms with Gasteiger partial charge in [0.1, 0.15) is 0 Å². The van der Waals surface area contributed by atoms with Gasteiger partial charge in [0.25, 0.3) is 0 Å². The number of hydrogen-bond acceptors (Lipinski definition) is 8. The summed E-state index contributed by atoms with van der Waals surface area (Å²) in [5.41, 5.74) is -0.277. The van der Waals surface area contributed by atoms with Crippen molar-refractivity contribution in [1.29, 1.82) is 0 Å². The summed E-state index contributed by atoms with van der Waals surface area (Å²) in [5.74, 6) is 1.54. The zero-order chi connectivity index (χ0) is 18.6. The number of carbonyl (C=O) groups excluding carboxylic acids is 1. The quantitative estimate of drug-likeness (QED) is 0.706. The molecule has 9 nitrogen and oxygen atoms in total. The molecule has 3 heterocycles. The van der Waals surface area contributed by atoms with E-state index in [-0.39, 0.29) is 11.3 Å². The molecule has 1 unspecified atom stereocenters. The Labute approximate surface area is 153 Å². The number of aromatic nitrogens is 2. The Bertz CT molecular complexity index is 621. The molecule has 0 aromatic carbocycles. The molecule has 0 aliphatic carbocycles. The monoisotopic (exact) mass is 366 g/mol. The lowest BCUT2D eigenvalue weighted by Gasteiger charge is -2.31. The predicted octanol–water partition coefficient (Wildman–Crippen LogP) is 0.196. The first-order valence-electron chi connectivity index (χ1n) is 8.65. The number of anilines is 1. The van der Waals surface area contributed by atoms with E-state index in [0.29, 0.717) is 70.1 Å². The number of amides is 1. The van der Waals surface area contributed by atoms with Crippen LogP contribution in [0.1, 0.15) is 6.42 Å². The molecule has 0 N–H and O–H groups in total. The fourth-order valence-corrected chi connectivity index (χ4v) is 3.50. The first-order chi connectivity index (χ1) is 12.6. The van der Waals surface area contributed by atoms with Gasteiger partial charge in [-0.3, -0.25) is 4.79 Å². The van der Waals surface area contributed by atoms with E-state index in [0.717, 1.165) is 0 Å². The zero-order valence-electron chi connectivity index (χ0n) is 15.6. The van der Waals surface area contributed by atoms with E-state index in [1.165, 1.54) is 0 Å². The third kappa shape index (κ3) is 3.99. The average Bonchev–Trinajstić information content (AvgIpc) is 2.82. The SMILES string of the molecule is COCCN1CC2(COCCN(c3nc(OC)cc(OC)n3)C2)CC1=O. The molecule has 2 aliphatic rings. The number of hydrogen-bond donors (Lipinski definition) is 0. The van der Waals surface area contributed by atoms with Crippen LogP contribution in [-0.2, 0) is 14.3 Å². The molecule has 144 valence electrons. The molecule has 0 bridgehead atoms. The fraction of sp³-hybridized carbons (Fsp3) is 0.706. The van der Waals surface area contributed by atoms with Crippen molar-refractivity contribution in [3.8, 4) is 11.8 Å². The molecular weight excluding hydrogens is 340 g/mol. The molecule has 1 aromatic rings. The van der Waals surface area contributed by atoms with Crippen molar-refractivity contribution in [2.45, 2.75) is 6.42 Å². The molecule has 0 radical (unpaired) electrons. The van der Waals surface area contributed by atoms with Gasteiger partial charge in [-0.2, -0.15) is 9.97 Å². The van der Waals surface area contributed by atoms with Crippen molar-refractivity contribution < 1.29 is 23.7 Å². The maximum Gasteiger partial charge on any atom is 0.232 e. The van der Waals surface area contributed by atoms with Crippen molar-refractivity contribution in [2.24, 2.45) is 5.41 Å². The molecule has 3 rings (SSSR count). The summed E-state index contributed by atoms with van der Waals surface area (Å²) in [6, 6.07) is 1.64. The molecule has 1 aromatic heterocycles. The van der Waals surface area contributed by atoms with E-state index < -0.39 is 0 Å². The van der Waals surface area contributed by atoms with Crippen LogP contribution in [0.3, 0.4) is 0 Å². The van der Waals surface area contributed by atoms with Gasteiger partial charge in [-0.15, -0.1) is 0 Å². The largest absolute Gasteiger partial charge is 0.481 e. The van der Waals surface area contributed by atoms with Gasteiger partial charge in [0, 0.05) is 45.1 Å². The summed E-state index contributed by atoms with van der Waals surface area (Å²) in [4.78, 5) is 25.2. The van der Waals surface area contributed by atoms with Gasteiger partial charge in [-0.05, 0) is 0 Å². The predicted molar refractivity (Wildman–Crippen MR) is 93.7 cm³/mol. The van der Waals surface area contributed by atoms with Crippen LogP contribution in [0, 0.1) is 5.41 Å². The molecule has 9 heteroatoms. The highest BCUT2D eigenvalue weighted by molar-refractivity contribution is 5.79. The van der Waals surface area contributed by atoms with Gasteiger partial charge in [-0.1, -0.05) is 0 Å². The standard InChI is InChI=1S/C17H26N4O5/c1-23-6-4-20-10-17(9-15(20)22)11-21(5-7-26-12-17)16-18-13(24-2)8-14(19-16)25-3/h8H,4-7,9-12H2,1-3H3. The molecule has 2 aliphatic heterocycles. The number of likely N-dealkylation sites (tertiary alicyclic amines) is 1. The number of rotatable bonds is 6. The Kier molecular flexibility index (Phi) is 5.77. The maximum atomic E-state index is 12.4. The first kappa shape index (κ1) is 18.7. The molecule has 1 atom stereocenters. The van der Waals surface area contributed by atoms with Crippen LogP contribution in [0.15, 0.2) is 6.07 Å². The lowest BCUT2D eigenvalue weighted by atomic mass is 9.87. The smallest absolute Gasteiger partial charge is 0.232 e. The van der Waals surface area contributed by atoms with Crippen molar-refractivity contribution >= 4 is 11.9 Å². The van der Waals surface area contributed by atoms with E-state index in [1.54, 1.807) is 27.4 Å².